The Hall–Kier alpha value is -0.170. The van der Waals surface area contributed by atoms with Crippen molar-refractivity contribution in [2.75, 3.05) is 26.0 Å². The fourth-order valence-corrected chi connectivity index (χ4v) is 5.64. The van der Waals surface area contributed by atoms with Gasteiger partial charge >= 0.3 is 0 Å². The summed E-state index contributed by atoms with van der Waals surface area (Å²) in [6.07, 6.45) is 5.03. The van der Waals surface area contributed by atoms with Crippen molar-refractivity contribution in [2.24, 2.45) is 0 Å². The molecule has 1 aliphatic rings. The molecule has 0 heterocycles. The number of thioether (sulfide) groups is 2. The molecule has 23 heavy (non-hydrogen) atoms. The summed E-state index contributed by atoms with van der Waals surface area (Å²) in [5.41, 5.74) is 0. The Morgan fingerprint density at radius 1 is 1.26 bits per heavy atom. The van der Waals surface area contributed by atoms with Crippen LogP contribution in [0.3, 0.4) is 0 Å². The van der Waals surface area contributed by atoms with Crippen LogP contribution in [0.15, 0.2) is 33.6 Å². The van der Waals surface area contributed by atoms with Gasteiger partial charge in [0.2, 0.25) is 5.91 Å². The quantitative estimate of drug-likeness (QED) is 0.638. The monoisotopic (exact) mass is 417 g/mol. The Labute approximate surface area is 155 Å². The summed E-state index contributed by atoms with van der Waals surface area (Å²) in [5, 5.41) is 4.06. The van der Waals surface area contributed by atoms with E-state index >= 15 is 0 Å². The first-order valence-electron chi connectivity index (χ1n) is 7.98. The highest BCUT2D eigenvalue weighted by Gasteiger charge is 2.27. The van der Waals surface area contributed by atoms with Gasteiger partial charge in [-0.3, -0.25) is 4.79 Å². The molecule has 0 aromatic heterocycles. The second kappa shape index (κ2) is 10.6. The summed E-state index contributed by atoms with van der Waals surface area (Å²) in [4.78, 5) is 13.2. The van der Waals surface area contributed by atoms with Crippen molar-refractivity contribution in [2.45, 2.75) is 41.1 Å². The van der Waals surface area contributed by atoms with E-state index in [0.29, 0.717) is 29.4 Å². The van der Waals surface area contributed by atoms with Gasteiger partial charge in [0.05, 0.1) is 12.4 Å². The van der Waals surface area contributed by atoms with Gasteiger partial charge in [-0.2, -0.15) is 0 Å². The van der Waals surface area contributed by atoms with Crippen molar-refractivity contribution in [1.82, 2.24) is 5.32 Å². The topological polar surface area (TPSA) is 38.3 Å². The van der Waals surface area contributed by atoms with Crippen LogP contribution < -0.4 is 5.32 Å². The molecule has 0 radical (unpaired) electrons. The molecule has 1 amide bonds. The van der Waals surface area contributed by atoms with E-state index in [4.69, 9.17) is 4.74 Å². The predicted molar refractivity (Wildman–Crippen MR) is 103 cm³/mol. The number of ether oxygens (including phenoxy) is 1. The molecular weight excluding hydrogens is 394 g/mol. The Morgan fingerprint density at radius 2 is 1.96 bits per heavy atom. The molecular formula is C17H24BrNO2S2. The maximum Gasteiger partial charge on any atom is 0.230 e. The van der Waals surface area contributed by atoms with Crippen LogP contribution >= 0.6 is 39.5 Å². The Bertz CT molecular complexity index is 484. The van der Waals surface area contributed by atoms with Crippen molar-refractivity contribution in [3.05, 3.63) is 28.7 Å². The Balaban J connectivity index is 1.81. The number of hydrogen-bond donors (Lipinski definition) is 1. The van der Waals surface area contributed by atoms with Crippen molar-refractivity contribution in [3.63, 3.8) is 0 Å². The lowest BCUT2D eigenvalue weighted by Gasteiger charge is -2.30. The second-order valence-electron chi connectivity index (χ2n) is 5.59. The molecule has 0 saturated heterocycles. The lowest BCUT2D eigenvalue weighted by atomic mass is 10.00. The maximum atomic E-state index is 11.9. The zero-order valence-electron chi connectivity index (χ0n) is 13.4. The van der Waals surface area contributed by atoms with Gasteiger partial charge in [-0.15, -0.1) is 23.5 Å². The fraction of sp³-hybridized carbons (Fsp3) is 0.588. The molecule has 0 bridgehead atoms. The third kappa shape index (κ3) is 7.08. The number of hydrogen-bond acceptors (Lipinski definition) is 4. The fourth-order valence-electron chi connectivity index (χ4n) is 2.60. The second-order valence-corrected chi connectivity index (χ2v) is 9.04. The molecule has 0 aliphatic heterocycles. The van der Waals surface area contributed by atoms with Crippen LogP contribution in [0, 0.1) is 0 Å². The Morgan fingerprint density at radius 3 is 2.65 bits per heavy atom. The molecule has 2 atom stereocenters. The molecule has 1 aliphatic carbocycles. The number of halogens is 1. The van der Waals surface area contributed by atoms with E-state index < -0.39 is 0 Å². The minimum absolute atomic E-state index is 0.116. The average Bonchev–Trinajstić information content (AvgIpc) is 2.56. The first kappa shape index (κ1) is 19.2. The van der Waals surface area contributed by atoms with Crippen molar-refractivity contribution in [3.8, 4) is 0 Å². The normalized spacial score (nSPS) is 21.1. The van der Waals surface area contributed by atoms with Gasteiger partial charge < -0.3 is 10.1 Å². The number of carbonyl (C=O) groups excluding carboxylic acids is 1. The third-order valence-corrected chi connectivity index (χ3v) is 7.33. The number of amides is 1. The molecule has 128 valence electrons. The summed E-state index contributed by atoms with van der Waals surface area (Å²) in [6, 6.07) is 8.53. The van der Waals surface area contributed by atoms with Crippen LogP contribution in [-0.2, 0) is 9.53 Å². The number of rotatable bonds is 8. The minimum atomic E-state index is 0.116. The highest BCUT2D eigenvalue weighted by molar-refractivity contribution is 9.10. The van der Waals surface area contributed by atoms with Crippen molar-refractivity contribution < 1.29 is 9.53 Å². The number of carbonyl (C=O) groups is 1. The summed E-state index contributed by atoms with van der Waals surface area (Å²) in [5.74, 6) is 0.663. The molecule has 1 fully saturated rings. The van der Waals surface area contributed by atoms with E-state index in [2.05, 4.69) is 45.5 Å². The average molecular weight is 418 g/mol. The van der Waals surface area contributed by atoms with E-state index in [0.717, 1.165) is 4.47 Å². The summed E-state index contributed by atoms with van der Waals surface area (Å²) < 4.78 is 6.07. The van der Waals surface area contributed by atoms with E-state index in [1.165, 1.54) is 30.6 Å². The molecule has 2 rings (SSSR count). The molecule has 0 spiro atoms. The number of benzene rings is 1. The summed E-state index contributed by atoms with van der Waals surface area (Å²) >= 11 is 7.25. The summed E-state index contributed by atoms with van der Waals surface area (Å²) in [7, 11) is 1.65. The zero-order chi connectivity index (χ0) is 16.5. The lowest BCUT2D eigenvalue weighted by Crippen LogP contribution is -2.31. The van der Waals surface area contributed by atoms with Gasteiger partial charge in [0.15, 0.2) is 0 Å². The van der Waals surface area contributed by atoms with Crippen LogP contribution in [0.2, 0.25) is 0 Å². The third-order valence-electron chi connectivity index (χ3n) is 3.80. The maximum absolute atomic E-state index is 11.9. The van der Waals surface area contributed by atoms with Crippen molar-refractivity contribution >= 4 is 45.4 Å². The zero-order valence-corrected chi connectivity index (χ0v) is 16.6. The van der Waals surface area contributed by atoms with Gasteiger partial charge in [0.1, 0.15) is 0 Å². The van der Waals surface area contributed by atoms with Crippen LogP contribution in [0.1, 0.15) is 25.7 Å². The summed E-state index contributed by atoms with van der Waals surface area (Å²) in [6.45, 7) is 1.17. The van der Waals surface area contributed by atoms with Crippen molar-refractivity contribution in [1.29, 1.82) is 0 Å². The van der Waals surface area contributed by atoms with Gasteiger partial charge in [-0.05, 0) is 37.1 Å². The molecule has 1 N–H and O–H groups in total. The number of nitrogens with one attached hydrogen (secondary N) is 1. The van der Waals surface area contributed by atoms with E-state index in [9.17, 15) is 4.79 Å². The minimum Gasteiger partial charge on any atom is -0.383 e. The van der Waals surface area contributed by atoms with E-state index in [1.54, 1.807) is 7.11 Å². The van der Waals surface area contributed by atoms with Gasteiger partial charge in [-0.1, -0.05) is 28.8 Å². The molecule has 1 aromatic carbocycles. The smallest absolute Gasteiger partial charge is 0.230 e. The lowest BCUT2D eigenvalue weighted by molar-refractivity contribution is -0.118. The first-order chi connectivity index (χ1) is 11.2. The largest absolute Gasteiger partial charge is 0.383 e. The van der Waals surface area contributed by atoms with E-state index in [1.807, 2.05) is 23.5 Å². The SMILES string of the molecule is COCCNC(=O)CSC1CCCCC1Sc1ccc(Br)cc1. The highest BCUT2D eigenvalue weighted by Crippen LogP contribution is 2.39. The molecule has 3 nitrogen and oxygen atoms in total. The van der Waals surface area contributed by atoms with E-state index in [-0.39, 0.29) is 5.91 Å². The first-order valence-corrected chi connectivity index (χ1v) is 10.7. The number of methoxy groups -OCH3 is 1. The van der Waals surface area contributed by atoms with Crippen LogP contribution in [-0.4, -0.2) is 42.4 Å². The molecule has 1 aromatic rings. The Kier molecular flexibility index (Phi) is 8.87. The molecule has 2 unspecified atom stereocenters. The highest BCUT2D eigenvalue weighted by atomic mass is 79.9. The molecule has 6 heteroatoms. The standard InChI is InChI=1S/C17H24BrNO2S2/c1-21-11-10-19-17(20)12-22-15-4-2-3-5-16(15)23-14-8-6-13(18)7-9-14/h6-9,15-16H,2-5,10-12H2,1H3,(H,19,20). The van der Waals surface area contributed by atoms with Crippen LogP contribution in [0.25, 0.3) is 0 Å². The van der Waals surface area contributed by atoms with Crippen LogP contribution in [0.4, 0.5) is 0 Å². The van der Waals surface area contributed by atoms with Crippen LogP contribution in [0.5, 0.6) is 0 Å². The van der Waals surface area contributed by atoms with Gasteiger partial charge in [-0.25, -0.2) is 0 Å². The van der Waals surface area contributed by atoms with Gasteiger partial charge in [0.25, 0.3) is 0 Å². The molecule has 1 saturated carbocycles. The van der Waals surface area contributed by atoms with Gasteiger partial charge in [0, 0.05) is 33.5 Å². The predicted octanol–water partition coefficient (Wildman–Crippen LogP) is 4.35.